The van der Waals surface area contributed by atoms with Crippen LogP contribution in [0.4, 0.5) is 0 Å². The summed E-state index contributed by atoms with van der Waals surface area (Å²) in [6.45, 7) is 7.96. The van der Waals surface area contributed by atoms with Crippen LogP contribution < -0.4 is 15.4 Å². The van der Waals surface area contributed by atoms with Gasteiger partial charge in [-0.2, -0.15) is 0 Å². The Hall–Kier alpha value is -1.71. The third-order valence-corrected chi connectivity index (χ3v) is 2.96. The molecule has 0 aliphatic heterocycles. The molecule has 20 heavy (non-hydrogen) atoms. The highest BCUT2D eigenvalue weighted by atomic mass is 16.5. The number of aliphatic imine (C=N–C) groups is 1. The lowest BCUT2D eigenvalue weighted by Crippen LogP contribution is -2.42. The molecule has 4 heteroatoms. The number of unbranched alkanes of at least 4 members (excludes halogenated alkanes) is 1. The zero-order valence-corrected chi connectivity index (χ0v) is 13.1. The second-order valence-corrected chi connectivity index (χ2v) is 4.97. The maximum Gasteiger partial charge on any atom is 0.191 e. The predicted molar refractivity (Wildman–Crippen MR) is 85.5 cm³/mol. The monoisotopic (exact) mass is 277 g/mol. The molecule has 1 unspecified atom stereocenters. The number of nitrogens with zero attached hydrogens (tertiary/aromatic N) is 1. The minimum atomic E-state index is 0.0856. The summed E-state index contributed by atoms with van der Waals surface area (Å²) in [5, 5.41) is 6.55. The molecule has 2 N–H and O–H groups in total. The van der Waals surface area contributed by atoms with Gasteiger partial charge in [-0.15, -0.1) is 0 Å². The standard InChI is InChI=1S/C16H27N3O/c1-5-6-11-18-16(17-4)19-12-14(3)20-15-9-7-13(2)8-10-15/h7-10,14H,5-6,11-12H2,1-4H3,(H2,17,18,19). The predicted octanol–water partition coefficient (Wildman–Crippen LogP) is 2.73. The van der Waals surface area contributed by atoms with Crippen LogP contribution in [0.2, 0.25) is 0 Å². The Labute approximate surface area is 122 Å². The number of guanidine groups is 1. The SMILES string of the molecule is CCCCNC(=NC)NCC(C)Oc1ccc(C)cc1. The third-order valence-electron chi connectivity index (χ3n) is 2.96. The maximum absolute atomic E-state index is 5.84. The van der Waals surface area contributed by atoms with Crippen LogP contribution in [0.25, 0.3) is 0 Å². The van der Waals surface area contributed by atoms with Crippen molar-refractivity contribution < 1.29 is 4.74 Å². The molecule has 0 aromatic heterocycles. The second kappa shape index (κ2) is 9.23. The highest BCUT2D eigenvalue weighted by Gasteiger charge is 2.05. The van der Waals surface area contributed by atoms with Gasteiger partial charge in [0.15, 0.2) is 5.96 Å². The fraction of sp³-hybridized carbons (Fsp3) is 0.562. The number of rotatable bonds is 7. The van der Waals surface area contributed by atoms with Crippen LogP contribution in [0.15, 0.2) is 29.3 Å². The molecule has 4 nitrogen and oxygen atoms in total. The van der Waals surface area contributed by atoms with Crippen LogP contribution in [-0.2, 0) is 0 Å². The number of nitrogens with one attached hydrogen (secondary N) is 2. The van der Waals surface area contributed by atoms with E-state index in [4.69, 9.17) is 4.74 Å². The van der Waals surface area contributed by atoms with E-state index in [1.807, 2.05) is 19.1 Å². The summed E-state index contributed by atoms with van der Waals surface area (Å²) < 4.78 is 5.84. The van der Waals surface area contributed by atoms with Gasteiger partial charge in [0, 0.05) is 13.6 Å². The maximum atomic E-state index is 5.84. The molecule has 0 bridgehead atoms. The molecule has 0 fully saturated rings. The summed E-state index contributed by atoms with van der Waals surface area (Å²) in [4.78, 5) is 4.19. The van der Waals surface area contributed by atoms with Crippen molar-refractivity contribution in [1.29, 1.82) is 0 Å². The van der Waals surface area contributed by atoms with Crippen molar-refractivity contribution >= 4 is 5.96 Å². The molecule has 0 aliphatic rings. The van der Waals surface area contributed by atoms with Gasteiger partial charge in [0.2, 0.25) is 0 Å². The molecule has 1 rings (SSSR count). The summed E-state index contributed by atoms with van der Waals surface area (Å²) in [6, 6.07) is 8.11. The van der Waals surface area contributed by atoms with E-state index in [2.05, 4.69) is 41.6 Å². The Morgan fingerprint density at radius 3 is 2.55 bits per heavy atom. The number of hydrogen-bond donors (Lipinski definition) is 2. The van der Waals surface area contributed by atoms with E-state index < -0.39 is 0 Å². The van der Waals surface area contributed by atoms with Crippen LogP contribution in [0.5, 0.6) is 5.75 Å². The van der Waals surface area contributed by atoms with Gasteiger partial charge < -0.3 is 15.4 Å². The molecule has 1 aromatic rings. The number of ether oxygens (including phenoxy) is 1. The van der Waals surface area contributed by atoms with Gasteiger partial charge in [-0.05, 0) is 32.4 Å². The summed E-state index contributed by atoms with van der Waals surface area (Å²) in [6.07, 6.45) is 2.41. The molecule has 1 aromatic carbocycles. The molecule has 1 atom stereocenters. The molecule has 0 aliphatic carbocycles. The van der Waals surface area contributed by atoms with Crippen LogP contribution >= 0.6 is 0 Å². The number of aryl methyl sites for hydroxylation is 1. The summed E-state index contributed by atoms with van der Waals surface area (Å²) in [7, 11) is 1.78. The molecule has 0 saturated heterocycles. The van der Waals surface area contributed by atoms with Gasteiger partial charge >= 0.3 is 0 Å². The lowest BCUT2D eigenvalue weighted by molar-refractivity contribution is 0.224. The highest BCUT2D eigenvalue weighted by Crippen LogP contribution is 2.12. The first kappa shape index (κ1) is 16.3. The number of hydrogen-bond acceptors (Lipinski definition) is 2. The second-order valence-electron chi connectivity index (χ2n) is 4.97. The van der Waals surface area contributed by atoms with Crippen LogP contribution in [0.1, 0.15) is 32.3 Å². The zero-order chi connectivity index (χ0) is 14.8. The fourth-order valence-corrected chi connectivity index (χ4v) is 1.74. The van der Waals surface area contributed by atoms with E-state index in [1.54, 1.807) is 7.05 Å². The first-order valence-electron chi connectivity index (χ1n) is 7.33. The Morgan fingerprint density at radius 2 is 1.95 bits per heavy atom. The van der Waals surface area contributed by atoms with Crippen molar-refractivity contribution in [2.45, 2.75) is 39.7 Å². The summed E-state index contributed by atoms with van der Waals surface area (Å²) >= 11 is 0. The summed E-state index contributed by atoms with van der Waals surface area (Å²) in [5.74, 6) is 1.73. The Bertz CT molecular complexity index is 401. The van der Waals surface area contributed by atoms with Crippen LogP contribution in [0.3, 0.4) is 0 Å². The van der Waals surface area contributed by atoms with E-state index in [0.29, 0.717) is 0 Å². The van der Waals surface area contributed by atoms with E-state index in [9.17, 15) is 0 Å². The number of benzene rings is 1. The topological polar surface area (TPSA) is 45.7 Å². The molecular weight excluding hydrogens is 250 g/mol. The molecule has 0 saturated carbocycles. The van der Waals surface area contributed by atoms with Gasteiger partial charge in [-0.25, -0.2) is 0 Å². The molecule has 112 valence electrons. The van der Waals surface area contributed by atoms with Gasteiger partial charge in [0.1, 0.15) is 11.9 Å². The lowest BCUT2D eigenvalue weighted by Gasteiger charge is -2.17. The molecule has 0 radical (unpaired) electrons. The average Bonchev–Trinajstić information content (AvgIpc) is 2.45. The van der Waals surface area contributed by atoms with Crippen molar-refractivity contribution in [2.75, 3.05) is 20.1 Å². The minimum absolute atomic E-state index is 0.0856. The molecule has 0 spiro atoms. The Kier molecular flexibility index (Phi) is 7.55. The van der Waals surface area contributed by atoms with Gasteiger partial charge in [-0.3, -0.25) is 4.99 Å². The van der Waals surface area contributed by atoms with E-state index in [-0.39, 0.29) is 6.10 Å². The fourth-order valence-electron chi connectivity index (χ4n) is 1.74. The molecule has 0 amide bonds. The largest absolute Gasteiger partial charge is 0.489 e. The van der Waals surface area contributed by atoms with Crippen LogP contribution in [0, 0.1) is 6.92 Å². The van der Waals surface area contributed by atoms with Crippen molar-refractivity contribution in [2.24, 2.45) is 4.99 Å². The van der Waals surface area contributed by atoms with Crippen molar-refractivity contribution in [3.63, 3.8) is 0 Å². The first-order chi connectivity index (χ1) is 9.65. The normalized spacial score (nSPS) is 12.9. The van der Waals surface area contributed by atoms with Crippen molar-refractivity contribution in [1.82, 2.24) is 10.6 Å². The minimum Gasteiger partial charge on any atom is -0.489 e. The van der Waals surface area contributed by atoms with Crippen LogP contribution in [-0.4, -0.2) is 32.2 Å². The lowest BCUT2D eigenvalue weighted by atomic mass is 10.2. The quantitative estimate of drug-likeness (QED) is 0.457. The van der Waals surface area contributed by atoms with Gasteiger partial charge in [0.05, 0.1) is 6.54 Å². The Balaban J connectivity index is 2.31. The zero-order valence-electron chi connectivity index (χ0n) is 13.1. The molecular formula is C16H27N3O. The van der Waals surface area contributed by atoms with Crippen molar-refractivity contribution in [3.8, 4) is 5.75 Å². The van der Waals surface area contributed by atoms with E-state index in [0.717, 1.165) is 31.2 Å². The third kappa shape index (κ3) is 6.45. The van der Waals surface area contributed by atoms with Gasteiger partial charge in [0.25, 0.3) is 0 Å². The Morgan fingerprint density at radius 1 is 1.25 bits per heavy atom. The summed E-state index contributed by atoms with van der Waals surface area (Å²) in [5.41, 5.74) is 1.24. The smallest absolute Gasteiger partial charge is 0.191 e. The van der Waals surface area contributed by atoms with E-state index in [1.165, 1.54) is 12.0 Å². The highest BCUT2D eigenvalue weighted by molar-refractivity contribution is 5.79. The van der Waals surface area contributed by atoms with Gasteiger partial charge in [-0.1, -0.05) is 31.0 Å². The van der Waals surface area contributed by atoms with Crippen molar-refractivity contribution in [3.05, 3.63) is 29.8 Å². The molecule has 0 heterocycles. The van der Waals surface area contributed by atoms with E-state index >= 15 is 0 Å². The average molecular weight is 277 g/mol. The first-order valence-corrected chi connectivity index (χ1v) is 7.33.